The SMILES string of the molecule is [B]P(O[P+]([O-])(O)OCC(CN(CCN(CC(=O)[O-])CC(=O)[O-])CC(=O)[O-])N(CC(=O)[O-])CC(=O)[O-])PC.[Gd+3]. The maximum Gasteiger partial charge on any atom is 3.00 e. The second-order valence-electron chi connectivity index (χ2n) is 7.26. The van der Waals surface area contributed by atoms with Crippen LogP contribution in [0.15, 0.2) is 0 Å². The number of carboxylic acid groups (broad SMARTS) is 5. The predicted octanol–water partition coefficient (Wildman–Crippen LogP) is -9.22. The summed E-state index contributed by atoms with van der Waals surface area (Å²) >= 11 is 0. The van der Waals surface area contributed by atoms with Gasteiger partial charge in [0, 0.05) is 52.4 Å². The number of carboxylic acids is 5. The molecule has 3 radical (unpaired) electrons. The van der Waals surface area contributed by atoms with Gasteiger partial charge in [-0.3, -0.25) is 14.7 Å². The molecule has 4 unspecified atom stereocenters. The second kappa shape index (κ2) is 20.6. The van der Waals surface area contributed by atoms with Crippen LogP contribution in [-0.2, 0) is 32.8 Å². The molecule has 38 heavy (non-hydrogen) atoms. The van der Waals surface area contributed by atoms with Crippen LogP contribution in [0, 0.1) is 39.9 Å². The van der Waals surface area contributed by atoms with Gasteiger partial charge in [0.15, 0.2) is 7.57 Å². The molecule has 0 aromatic heterocycles. The summed E-state index contributed by atoms with van der Waals surface area (Å²) in [6.45, 7) is -5.24. The first-order valence-corrected chi connectivity index (χ1v) is 15.3. The molecule has 0 aromatic rings. The number of hydrogen-bond acceptors (Lipinski definition) is 17. The molecule has 0 saturated heterocycles. The topological polar surface area (TPSA) is 272 Å². The number of nitrogens with zero attached hydrogens (tertiary/aromatic N) is 3. The Hall–Kier alpha value is -0.250. The van der Waals surface area contributed by atoms with Gasteiger partial charge in [0.25, 0.3) is 0 Å². The van der Waals surface area contributed by atoms with Gasteiger partial charge in [-0.15, -0.1) is 0 Å². The zero-order valence-corrected chi connectivity index (χ0v) is 24.9. The molecule has 0 amide bonds. The Kier molecular flexibility index (Phi) is 21.6. The summed E-state index contributed by atoms with van der Waals surface area (Å²) in [6.07, 6.45) is 0. The largest absolute Gasteiger partial charge is 3.00 e. The Bertz CT molecular complexity index is 770. The maximum absolute atomic E-state index is 12.2. The standard InChI is InChI=1S/C16H29BN3O14P3.Gd/c1-35-36(17)34-37(31,32)33-10-11(20(8-15(27)28)9-16(29)30)4-18(5-12(21)22)2-3-19(6-13(23)24)7-14(25)26;/h11,35H,2-10H2,1H3,(H,21,22)(H,23,24)(H,25,26)(H,27,28)(H,29,30)(H,31,32);/q;+3/p-5. The van der Waals surface area contributed by atoms with E-state index in [1.54, 1.807) is 6.66 Å². The smallest absolute Gasteiger partial charge is 0.606 e. The average molecular weight is 743 g/mol. The van der Waals surface area contributed by atoms with Crippen LogP contribution in [0.1, 0.15) is 0 Å². The van der Waals surface area contributed by atoms with Crippen molar-refractivity contribution < 1.29 is 108 Å². The van der Waals surface area contributed by atoms with Crippen molar-refractivity contribution in [1.82, 2.24) is 14.7 Å². The van der Waals surface area contributed by atoms with E-state index < -0.39 is 97.6 Å². The molecule has 4 atom stereocenters. The summed E-state index contributed by atoms with van der Waals surface area (Å²) < 4.78 is 9.56. The molecular weight excluding hydrogens is 719 g/mol. The molecule has 0 fully saturated rings. The zero-order chi connectivity index (χ0) is 28.8. The predicted molar refractivity (Wildman–Crippen MR) is 116 cm³/mol. The first-order chi connectivity index (χ1) is 17.0. The molecule has 22 heteroatoms. The average Bonchev–Trinajstić information content (AvgIpc) is 2.71. The number of carbonyl (C=O) groups excluding carboxylic acids is 5. The molecule has 0 bridgehead atoms. The third-order valence-electron chi connectivity index (χ3n) is 4.28. The van der Waals surface area contributed by atoms with E-state index in [0.29, 0.717) is 4.90 Å². The van der Waals surface area contributed by atoms with Crippen LogP contribution < -0.4 is 30.4 Å². The molecule has 215 valence electrons. The van der Waals surface area contributed by atoms with E-state index in [2.05, 4.69) is 0 Å². The van der Waals surface area contributed by atoms with Crippen molar-refractivity contribution in [2.75, 3.05) is 65.6 Å². The minimum atomic E-state index is -4.80. The third-order valence-corrected chi connectivity index (χ3v) is 8.78. The van der Waals surface area contributed by atoms with Crippen molar-refractivity contribution in [1.29, 1.82) is 0 Å². The van der Waals surface area contributed by atoms with Crippen LogP contribution in [0.3, 0.4) is 0 Å². The molecular formula is C16H24BGdN3O14P3-2. The van der Waals surface area contributed by atoms with E-state index in [9.17, 15) is 59.3 Å². The first kappa shape index (κ1) is 39.9. The van der Waals surface area contributed by atoms with E-state index in [4.69, 9.17) is 16.4 Å². The number of rotatable bonds is 22. The summed E-state index contributed by atoms with van der Waals surface area (Å²) in [4.78, 5) is 79.9. The molecule has 0 saturated carbocycles. The number of phosphoric acid groups is 1. The molecule has 17 nitrogen and oxygen atoms in total. The normalized spacial score (nSPS) is 14.8. The van der Waals surface area contributed by atoms with Crippen LogP contribution in [0.5, 0.6) is 0 Å². The molecule has 0 aliphatic heterocycles. The molecule has 0 aliphatic carbocycles. The van der Waals surface area contributed by atoms with Gasteiger partial charge in [-0.1, -0.05) is 8.27 Å². The van der Waals surface area contributed by atoms with Gasteiger partial charge >= 0.3 is 48.1 Å². The number of phosphoric ester groups is 1. The summed E-state index contributed by atoms with van der Waals surface area (Å²) in [5.74, 6) is -8.45. The maximum atomic E-state index is 12.2. The number of hydrogen-bond donors (Lipinski definition) is 1. The summed E-state index contributed by atoms with van der Waals surface area (Å²) in [7, 11) is -1.20. The second-order valence-corrected chi connectivity index (χ2v) is 12.9. The Labute approximate surface area is 254 Å². The van der Waals surface area contributed by atoms with Gasteiger partial charge in [-0.05, 0) is 6.66 Å². The minimum Gasteiger partial charge on any atom is -0.606 e. The Morgan fingerprint density at radius 1 is 0.868 bits per heavy atom. The zero-order valence-electron chi connectivity index (χ0n) is 19.9. The van der Waals surface area contributed by atoms with E-state index in [1.807, 2.05) is 0 Å². The fraction of sp³-hybridized carbons (Fsp3) is 0.688. The van der Waals surface area contributed by atoms with Crippen LogP contribution in [0.4, 0.5) is 0 Å². The Balaban J connectivity index is 0. The van der Waals surface area contributed by atoms with Crippen LogP contribution in [0.25, 0.3) is 0 Å². The van der Waals surface area contributed by atoms with Gasteiger partial charge in [0.2, 0.25) is 0 Å². The van der Waals surface area contributed by atoms with Crippen LogP contribution in [0.2, 0.25) is 0 Å². The van der Waals surface area contributed by atoms with Crippen LogP contribution >= 0.6 is 24.2 Å². The summed E-state index contributed by atoms with van der Waals surface area (Å²) in [5, 5.41) is 55.3. The van der Waals surface area contributed by atoms with Crippen molar-refractivity contribution in [2.45, 2.75) is 6.04 Å². The van der Waals surface area contributed by atoms with Gasteiger partial charge in [-0.25, -0.2) is 0 Å². The fourth-order valence-electron chi connectivity index (χ4n) is 2.85. The summed E-state index contributed by atoms with van der Waals surface area (Å²) in [5.41, 5.74) is 0. The number of aliphatic carboxylic acids is 5. The van der Waals surface area contributed by atoms with Gasteiger partial charge < -0.3 is 54.4 Å². The summed E-state index contributed by atoms with van der Waals surface area (Å²) in [6, 6.07) is -1.41. The van der Waals surface area contributed by atoms with Crippen molar-refractivity contribution in [3.05, 3.63) is 0 Å². The van der Waals surface area contributed by atoms with Crippen molar-refractivity contribution in [3.8, 4) is 0 Å². The van der Waals surface area contributed by atoms with Gasteiger partial charge in [0.05, 0.1) is 43.6 Å². The monoisotopic (exact) mass is 744 g/mol. The molecule has 1 N–H and O–H groups in total. The van der Waals surface area contributed by atoms with Gasteiger partial charge in [-0.2, -0.15) is 13.7 Å². The van der Waals surface area contributed by atoms with Crippen molar-refractivity contribution in [3.63, 3.8) is 0 Å². The molecule has 0 aromatic carbocycles. The van der Waals surface area contributed by atoms with E-state index in [-0.39, 0.29) is 61.3 Å². The van der Waals surface area contributed by atoms with Crippen molar-refractivity contribution in [2.24, 2.45) is 0 Å². The van der Waals surface area contributed by atoms with E-state index in [0.717, 1.165) is 9.80 Å². The molecule has 0 aliphatic rings. The minimum absolute atomic E-state index is 0. The fourth-order valence-corrected chi connectivity index (χ4v) is 6.28. The molecule has 0 rings (SSSR count). The van der Waals surface area contributed by atoms with Crippen LogP contribution in [-0.4, -0.2) is 129 Å². The Morgan fingerprint density at radius 3 is 1.66 bits per heavy atom. The molecule has 0 heterocycles. The van der Waals surface area contributed by atoms with Crippen molar-refractivity contribution >= 4 is 61.6 Å². The third kappa shape index (κ3) is 20.6. The Morgan fingerprint density at radius 2 is 1.26 bits per heavy atom. The molecule has 0 spiro atoms. The van der Waals surface area contributed by atoms with E-state index in [1.165, 1.54) is 0 Å². The quantitative estimate of drug-likeness (QED) is 0.0796. The number of carbonyl (C=O) groups is 5. The van der Waals surface area contributed by atoms with E-state index >= 15 is 0 Å². The van der Waals surface area contributed by atoms with Gasteiger partial charge in [0.1, 0.15) is 6.61 Å². The first-order valence-electron chi connectivity index (χ1n) is 10.1.